The average molecular weight is 251 g/mol. The summed E-state index contributed by atoms with van der Waals surface area (Å²) in [7, 11) is 1.68. The number of amides is 1. The van der Waals surface area contributed by atoms with Gasteiger partial charge in [0.2, 0.25) is 0 Å². The maximum absolute atomic E-state index is 11.8. The molecule has 0 unspecified atom stereocenters. The summed E-state index contributed by atoms with van der Waals surface area (Å²) in [5, 5.41) is 6.04. The molecule has 0 aliphatic carbocycles. The molecule has 0 fully saturated rings. The number of nitrogens with one attached hydrogen (secondary N) is 2. The number of methoxy groups -OCH3 is 1. The number of hydrogen-bond donors (Lipinski definition) is 2. The van der Waals surface area contributed by atoms with Crippen LogP contribution in [0.2, 0.25) is 0 Å². The van der Waals surface area contributed by atoms with Crippen molar-refractivity contribution >= 4 is 11.6 Å². The molecule has 0 saturated heterocycles. The van der Waals surface area contributed by atoms with Crippen LogP contribution in [-0.2, 0) is 4.74 Å². The molecule has 0 aliphatic heterocycles. The predicted octanol–water partition coefficient (Wildman–Crippen LogP) is 1.67. The number of aromatic nitrogens is 1. The summed E-state index contributed by atoms with van der Waals surface area (Å²) < 4.78 is 4.97. The number of anilines is 1. The van der Waals surface area contributed by atoms with Gasteiger partial charge in [0.05, 0.1) is 0 Å². The Labute approximate surface area is 108 Å². The fourth-order valence-corrected chi connectivity index (χ4v) is 1.45. The molecule has 0 radical (unpaired) electrons. The standard InChI is InChI=1S/C13H21N3O2/c1-10(2)16-13(17)12-9-11(5-7-15-12)14-6-4-8-18-3/h5,7,9-10H,4,6,8H2,1-3H3,(H,14,15)(H,16,17). The second-order valence-corrected chi connectivity index (χ2v) is 4.33. The summed E-state index contributed by atoms with van der Waals surface area (Å²) in [6.07, 6.45) is 2.56. The largest absolute Gasteiger partial charge is 0.385 e. The SMILES string of the molecule is COCCCNc1ccnc(C(=O)NC(C)C)c1. The molecule has 0 aromatic carbocycles. The second kappa shape index (κ2) is 7.66. The van der Waals surface area contributed by atoms with Crippen molar-refractivity contribution in [2.45, 2.75) is 26.3 Å². The third-order valence-electron chi connectivity index (χ3n) is 2.27. The minimum atomic E-state index is -0.148. The van der Waals surface area contributed by atoms with Gasteiger partial charge in [-0.2, -0.15) is 0 Å². The summed E-state index contributed by atoms with van der Waals surface area (Å²) in [6.45, 7) is 5.37. The van der Waals surface area contributed by atoms with E-state index in [9.17, 15) is 4.79 Å². The summed E-state index contributed by atoms with van der Waals surface area (Å²) in [6, 6.07) is 3.71. The number of nitrogens with zero attached hydrogens (tertiary/aromatic N) is 1. The van der Waals surface area contributed by atoms with E-state index < -0.39 is 0 Å². The summed E-state index contributed by atoms with van der Waals surface area (Å²) in [5.74, 6) is -0.148. The molecule has 1 aromatic rings. The third kappa shape index (κ3) is 5.14. The van der Waals surface area contributed by atoms with Crippen molar-refractivity contribution in [3.8, 4) is 0 Å². The van der Waals surface area contributed by atoms with E-state index in [2.05, 4.69) is 15.6 Å². The molecule has 5 nitrogen and oxygen atoms in total. The van der Waals surface area contributed by atoms with Gasteiger partial charge in [0.15, 0.2) is 0 Å². The molecular weight excluding hydrogens is 230 g/mol. The van der Waals surface area contributed by atoms with Crippen LogP contribution in [-0.4, -0.2) is 37.2 Å². The van der Waals surface area contributed by atoms with Gasteiger partial charge in [0.1, 0.15) is 5.69 Å². The Hall–Kier alpha value is -1.62. The minimum Gasteiger partial charge on any atom is -0.385 e. The molecule has 2 N–H and O–H groups in total. The van der Waals surface area contributed by atoms with Gasteiger partial charge in [0, 0.05) is 38.2 Å². The molecule has 0 aliphatic rings. The Kier molecular flexibility index (Phi) is 6.14. The first kappa shape index (κ1) is 14.4. The van der Waals surface area contributed by atoms with Crippen LogP contribution in [0.15, 0.2) is 18.3 Å². The van der Waals surface area contributed by atoms with Gasteiger partial charge < -0.3 is 15.4 Å². The molecular formula is C13H21N3O2. The molecule has 0 bridgehead atoms. The van der Waals surface area contributed by atoms with E-state index in [0.29, 0.717) is 5.69 Å². The molecule has 1 heterocycles. The zero-order valence-electron chi connectivity index (χ0n) is 11.2. The average Bonchev–Trinajstić information content (AvgIpc) is 2.34. The van der Waals surface area contributed by atoms with Crippen LogP contribution in [0.1, 0.15) is 30.8 Å². The van der Waals surface area contributed by atoms with Gasteiger partial charge >= 0.3 is 0 Å². The molecule has 0 atom stereocenters. The zero-order chi connectivity index (χ0) is 13.4. The summed E-state index contributed by atoms with van der Waals surface area (Å²) in [4.78, 5) is 15.8. The highest BCUT2D eigenvalue weighted by atomic mass is 16.5. The maximum atomic E-state index is 11.8. The van der Waals surface area contributed by atoms with E-state index in [1.165, 1.54) is 0 Å². The molecule has 0 spiro atoms. The van der Waals surface area contributed by atoms with Crippen LogP contribution in [0.4, 0.5) is 5.69 Å². The van der Waals surface area contributed by atoms with E-state index in [4.69, 9.17) is 4.74 Å². The third-order valence-corrected chi connectivity index (χ3v) is 2.27. The van der Waals surface area contributed by atoms with Gasteiger partial charge in [0.25, 0.3) is 5.91 Å². The van der Waals surface area contributed by atoms with Gasteiger partial charge in [-0.3, -0.25) is 9.78 Å². The Bertz CT molecular complexity index is 380. The molecule has 100 valence electrons. The molecule has 18 heavy (non-hydrogen) atoms. The van der Waals surface area contributed by atoms with Crippen molar-refractivity contribution in [3.63, 3.8) is 0 Å². The molecule has 1 aromatic heterocycles. The minimum absolute atomic E-state index is 0.109. The van der Waals surface area contributed by atoms with E-state index >= 15 is 0 Å². The van der Waals surface area contributed by atoms with Crippen molar-refractivity contribution in [2.75, 3.05) is 25.6 Å². The lowest BCUT2D eigenvalue weighted by Crippen LogP contribution is -2.30. The first-order valence-electron chi connectivity index (χ1n) is 6.13. The summed E-state index contributed by atoms with van der Waals surface area (Å²) in [5.41, 5.74) is 1.33. The van der Waals surface area contributed by atoms with Crippen LogP contribution in [0.3, 0.4) is 0 Å². The number of pyridine rings is 1. The van der Waals surface area contributed by atoms with E-state index in [1.807, 2.05) is 19.9 Å². The van der Waals surface area contributed by atoms with Crippen LogP contribution < -0.4 is 10.6 Å². The topological polar surface area (TPSA) is 63.2 Å². The lowest BCUT2D eigenvalue weighted by Gasteiger charge is -2.09. The molecule has 1 amide bonds. The number of ether oxygens (including phenoxy) is 1. The smallest absolute Gasteiger partial charge is 0.270 e. The molecule has 0 saturated carbocycles. The van der Waals surface area contributed by atoms with Crippen molar-refractivity contribution in [1.29, 1.82) is 0 Å². The highest BCUT2D eigenvalue weighted by Gasteiger charge is 2.08. The van der Waals surface area contributed by atoms with Crippen LogP contribution in [0, 0.1) is 0 Å². The Balaban J connectivity index is 2.53. The van der Waals surface area contributed by atoms with Crippen molar-refractivity contribution < 1.29 is 9.53 Å². The highest BCUT2D eigenvalue weighted by molar-refractivity contribution is 5.93. The number of hydrogen-bond acceptors (Lipinski definition) is 4. The predicted molar refractivity (Wildman–Crippen MR) is 71.8 cm³/mol. The first-order chi connectivity index (χ1) is 8.63. The van der Waals surface area contributed by atoms with Crippen LogP contribution in [0.5, 0.6) is 0 Å². The van der Waals surface area contributed by atoms with Crippen LogP contribution in [0.25, 0.3) is 0 Å². The Morgan fingerprint density at radius 1 is 1.50 bits per heavy atom. The van der Waals surface area contributed by atoms with Gasteiger partial charge in [-0.25, -0.2) is 0 Å². The lowest BCUT2D eigenvalue weighted by atomic mass is 10.2. The monoisotopic (exact) mass is 251 g/mol. The van der Waals surface area contributed by atoms with Crippen molar-refractivity contribution in [1.82, 2.24) is 10.3 Å². The quantitative estimate of drug-likeness (QED) is 0.724. The Morgan fingerprint density at radius 2 is 2.28 bits per heavy atom. The Morgan fingerprint density at radius 3 is 2.94 bits per heavy atom. The fraction of sp³-hybridized carbons (Fsp3) is 0.538. The van der Waals surface area contributed by atoms with E-state index in [0.717, 1.165) is 25.3 Å². The van der Waals surface area contributed by atoms with Crippen molar-refractivity contribution in [2.24, 2.45) is 0 Å². The van der Waals surface area contributed by atoms with Crippen LogP contribution >= 0.6 is 0 Å². The first-order valence-corrected chi connectivity index (χ1v) is 6.13. The van der Waals surface area contributed by atoms with Gasteiger partial charge in [-0.15, -0.1) is 0 Å². The van der Waals surface area contributed by atoms with Gasteiger partial charge in [-0.05, 0) is 32.4 Å². The number of carbonyl (C=O) groups excluding carboxylic acids is 1. The normalized spacial score (nSPS) is 10.4. The zero-order valence-corrected chi connectivity index (χ0v) is 11.2. The molecule has 1 rings (SSSR count). The van der Waals surface area contributed by atoms with Gasteiger partial charge in [-0.1, -0.05) is 0 Å². The molecule has 5 heteroatoms. The van der Waals surface area contributed by atoms with E-state index in [1.54, 1.807) is 19.4 Å². The number of carbonyl (C=O) groups is 1. The van der Waals surface area contributed by atoms with E-state index in [-0.39, 0.29) is 11.9 Å². The fourth-order valence-electron chi connectivity index (χ4n) is 1.45. The summed E-state index contributed by atoms with van der Waals surface area (Å²) >= 11 is 0. The van der Waals surface area contributed by atoms with Crippen molar-refractivity contribution in [3.05, 3.63) is 24.0 Å². The maximum Gasteiger partial charge on any atom is 0.270 e. The number of rotatable bonds is 7. The lowest BCUT2D eigenvalue weighted by molar-refractivity contribution is 0.0938. The highest BCUT2D eigenvalue weighted by Crippen LogP contribution is 2.08. The second-order valence-electron chi connectivity index (χ2n) is 4.33.